The number of halogens is 2. The lowest BCUT2D eigenvalue weighted by atomic mass is 9.93. The zero-order chi connectivity index (χ0) is 15.1. The van der Waals surface area contributed by atoms with E-state index in [1.807, 2.05) is 0 Å². The van der Waals surface area contributed by atoms with Gasteiger partial charge in [-0.05, 0) is 38.2 Å². The fourth-order valence-electron chi connectivity index (χ4n) is 2.64. The lowest BCUT2D eigenvalue weighted by Gasteiger charge is -2.31. The van der Waals surface area contributed by atoms with Crippen LogP contribution in [-0.2, 0) is 6.54 Å². The molecule has 2 nitrogen and oxygen atoms in total. The highest BCUT2D eigenvalue weighted by atomic mass is 35.5. The van der Waals surface area contributed by atoms with Crippen molar-refractivity contribution in [1.82, 2.24) is 10.2 Å². The van der Waals surface area contributed by atoms with Gasteiger partial charge in [0, 0.05) is 29.7 Å². The molecule has 20 heavy (non-hydrogen) atoms. The molecule has 0 aliphatic rings. The largest absolute Gasteiger partial charge is 0.311 e. The Labute approximate surface area is 127 Å². The topological polar surface area (TPSA) is 15.3 Å². The molecule has 0 aliphatic heterocycles. The summed E-state index contributed by atoms with van der Waals surface area (Å²) in [4.78, 5) is 2.25. The maximum absolute atomic E-state index is 13.6. The lowest BCUT2D eigenvalue weighted by molar-refractivity contribution is 0.193. The summed E-state index contributed by atoms with van der Waals surface area (Å²) in [6.45, 7) is 5.81. The Bertz CT molecular complexity index is 405. The molecule has 0 spiro atoms. The molecule has 0 radical (unpaired) electrons. The van der Waals surface area contributed by atoms with Gasteiger partial charge in [0.05, 0.1) is 0 Å². The Balaban J connectivity index is 2.58. The van der Waals surface area contributed by atoms with Gasteiger partial charge in [0.25, 0.3) is 0 Å². The first-order valence-corrected chi connectivity index (χ1v) is 7.68. The van der Waals surface area contributed by atoms with Crippen molar-refractivity contribution in [2.45, 2.75) is 39.3 Å². The zero-order valence-corrected chi connectivity index (χ0v) is 13.7. The SMILES string of the molecule is CCC(CC)C(CNCc1cc(Cl)ccc1F)N(C)C. The molecule has 0 heterocycles. The molecule has 1 aromatic carbocycles. The lowest BCUT2D eigenvalue weighted by Crippen LogP contribution is -2.42. The van der Waals surface area contributed by atoms with Gasteiger partial charge < -0.3 is 10.2 Å². The predicted molar refractivity (Wildman–Crippen MR) is 84.7 cm³/mol. The highest BCUT2D eigenvalue weighted by Crippen LogP contribution is 2.17. The van der Waals surface area contributed by atoms with E-state index in [2.05, 4.69) is 38.2 Å². The van der Waals surface area contributed by atoms with Crippen LogP contribution in [0.25, 0.3) is 0 Å². The van der Waals surface area contributed by atoms with Crippen LogP contribution in [0.1, 0.15) is 32.3 Å². The summed E-state index contributed by atoms with van der Waals surface area (Å²) >= 11 is 5.90. The molecule has 0 fully saturated rings. The van der Waals surface area contributed by atoms with Crippen LogP contribution in [0.15, 0.2) is 18.2 Å². The highest BCUT2D eigenvalue weighted by molar-refractivity contribution is 6.30. The van der Waals surface area contributed by atoms with E-state index in [0.29, 0.717) is 29.1 Å². The van der Waals surface area contributed by atoms with Crippen LogP contribution in [0.4, 0.5) is 4.39 Å². The Morgan fingerprint density at radius 3 is 2.45 bits per heavy atom. The van der Waals surface area contributed by atoms with Crippen LogP contribution in [0.2, 0.25) is 5.02 Å². The average Bonchev–Trinajstić information content (AvgIpc) is 2.41. The Morgan fingerprint density at radius 2 is 1.90 bits per heavy atom. The summed E-state index contributed by atoms with van der Waals surface area (Å²) in [6, 6.07) is 5.15. The van der Waals surface area contributed by atoms with Crippen molar-refractivity contribution >= 4 is 11.6 Å². The number of hydrogen-bond acceptors (Lipinski definition) is 2. The van der Waals surface area contributed by atoms with Crippen molar-refractivity contribution in [3.05, 3.63) is 34.6 Å². The van der Waals surface area contributed by atoms with Gasteiger partial charge in [-0.25, -0.2) is 4.39 Å². The number of likely N-dealkylation sites (N-methyl/N-ethyl adjacent to an activating group) is 1. The van der Waals surface area contributed by atoms with Crippen LogP contribution in [0, 0.1) is 11.7 Å². The number of rotatable bonds is 8. The number of nitrogens with zero attached hydrogens (tertiary/aromatic N) is 1. The summed E-state index contributed by atoms with van der Waals surface area (Å²) in [5.74, 6) is 0.451. The Morgan fingerprint density at radius 1 is 1.25 bits per heavy atom. The van der Waals surface area contributed by atoms with Gasteiger partial charge in [-0.15, -0.1) is 0 Å². The first-order valence-electron chi connectivity index (χ1n) is 7.30. The normalized spacial score (nSPS) is 13.2. The fourth-order valence-corrected chi connectivity index (χ4v) is 2.83. The van der Waals surface area contributed by atoms with E-state index < -0.39 is 0 Å². The third-order valence-electron chi connectivity index (χ3n) is 3.93. The van der Waals surface area contributed by atoms with Crippen LogP contribution in [-0.4, -0.2) is 31.6 Å². The van der Waals surface area contributed by atoms with E-state index >= 15 is 0 Å². The molecule has 0 saturated heterocycles. The summed E-state index contributed by atoms with van der Waals surface area (Å²) < 4.78 is 13.6. The van der Waals surface area contributed by atoms with E-state index in [1.165, 1.54) is 6.07 Å². The van der Waals surface area contributed by atoms with Gasteiger partial charge in [-0.2, -0.15) is 0 Å². The Kier molecular flexibility index (Phi) is 7.49. The second-order valence-electron chi connectivity index (χ2n) is 5.47. The van der Waals surface area contributed by atoms with Crippen molar-refractivity contribution < 1.29 is 4.39 Å². The third-order valence-corrected chi connectivity index (χ3v) is 4.17. The monoisotopic (exact) mass is 300 g/mol. The van der Waals surface area contributed by atoms with E-state index in [1.54, 1.807) is 12.1 Å². The molecule has 0 saturated carbocycles. The predicted octanol–water partition coefficient (Wildman–Crippen LogP) is 3.94. The second kappa shape index (κ2) is 8.60. The van der Waals surface area contributed by atoms with Crippen molar-refractivity contribution in [2.75, 3.05) is 20.6 Å². The molecule has 1 unspecified atom stereocenters. The van der Waals surface area contributed by atoms with Crippen LogP contribution >= 0.6 is 11.6 Å². The maximum atomic E-state index is 13.6. The summed E-state index contributed by atoms with van der Waals surface area (Å²) in [7, 11) is 4.20. The third kappa shape index (κ3) is 5.04. The molecular weight excluding hydrogens is 275 g/mol. The van der Waals surface area contributed by atoms with Gasteiger partial charge in [-0.3, -0.25) is 0 Å². The summed E-state index contributed by atoms with van der Waals surface area (Å²) in [5.41, 5.74) is 0.625. The van der Waals surface area contributed by atoms with Crippen LogP contribution in [0.3, 0.4) is 0 Å². The molecule has 1 N–H and O–H groups in total. The van der Waals surface area contributed by atoms with Crippen molar-refractivity contribution in [1.29, 1.82) is 0 Å². The van der Waals surface area contributed by atoms with Crippen LogP contribution in [0.5, 0.6) is 0 Å². The van der Waals surface area contributed by atoms with E-state index in [0.717, 1.165) is 19.4 Å². The van der Waals surface area contributed by atoms with Gasteiger partial charge in [0.2, 0.25) is 0 Å². The first kappa shape index (κ1) is 17.4. The van der Waals surface area contributed by atoms with E-state index in [-0.39, 0.29) is 5.82 Å². The van der Waals surface area contributed by atoms with Crippen molar-refractivity contribution in [3.63, 3.8) is 0 Å². The number of hydrogen-bond donors (Lipinski definition) is 1. The number of nitrogens with one attached hydrogen (secondary N) is 1. The van der Waals surface area contributed by atoms with Gasteiger partial charge >= 0.3 is 0 Å². The zero-order valence-electron chi connectivity index (χ0n) is 12.9. The van der Waals surface area contributed by atoms with E-state index in [9.17, 15) is 4.39 Å². The minimum atomic E-state index is -0.203. The van der Waals surface area contributed by atoms with E-state index in [4.69, 9.17) is 11.6 Å². The quantitative estimate of drug-likeness (QED) is 0.782. The summed E-state index contributed by atoms with van der Waals surface area (Å²) in [5, 5.41) is 3.94. The molecule has 114 valence electrons. The van der Waals surface area contributed by atoms with Crippen LogP contribution < -0.4 is 5.32 Å². The van der Waals surface area contributed by atoms with Crippen molar-refractivity contribution in [2.24, 2.45) is 5.92 Å². The standard InChI is InChI=1S/C16H26ClFN2/c1-5-12(6-2)16(20(3)4)11-19-10-13-9-14(17)7-8-15(13)18/h7-9,12,16,19H,5-6,10-11H2,1-4H3. The molecule has 0 bridgehead atoms. The minimum absolute atomic E-state index is 0.203. The summed E-state index contributed by atoms with van der Waals surface area (Å²) in [6.07, 6.45) is 2.32. The average molecular weight is 301 g/mol. The van der Waals surface area contributed by atoms with Gasteiger partial charge in [0.15, 0.2) is 0 Å². The van der Waals surface area contributed by atoms with Gasteiger partial charge in [0.1, 0.15) is 5.82 Å². The molecular formula is C16H26ClFN2. The molecule has 0 aliphatic carbocycles. The molecule has 0 amide bonds. The minimum Gasteiger partial charge on any atom is -0.311 e. The Hall–Kier alpha value is -0.640. The van der Waals surface area contributed by atoms with Crippen molar-refractivity contribution in [3.8, 4) is 0 Å². The molecule has 1 aromatic rings. The molecule has 1 rings (SSSR count). The number of benzene rings is 1. The highest BCUT2D eigenvalue weighted by Gasteiger charge is 2.20. The molecule has 0 aromatic heterocycles. The maximum Gasteiger partial charge on any atom is 0.127 e. The smallest absolute Gasteiger partial charge is 0.127 e. The second-order valence-corrected chi connectivity index (χ2v) is 5.91. The molecule has 4 heteroatoms. The fraction of sp³-hybridized carbons (Fsp3) is 0.625. The molecule has 1 atom stereocenters. The first-order chi connectivity index (χ1) is 9.49. The van der Waals surface area contributed by atoms with Gasteiger partial charge in [-0.1, -0.05) is 38.3 Å².